The number of urea groups is 1. The second-order valence-electron chi connectivity index (χ2n) is 6.37. The monoisotopic (exact) mass is 303 g/mol. The van der Waals surface area contributed by atoms with Crippen molar-refractivity contribution >= 4 is 6.03 Å². The first-order valence-electron chi connectivity index (χ1n) is 8.33. The smallest absolute Gasteiger partial charge is 0.317 e. The number of carbonyl (C=O) groups excluding carboxylic acids is 1. The Bertz CT molecular complexity index is 496. The number of hydrogen-bond acceptors (Lipinski definition) is 2. The van der Waals surface area contributed by atoms with Crippen molar-refractivity contribution in [1.29, 1.82) is 0 Å². The Kier molecular flexibility index (Phi) is 5.83. The predicted molar refractivity (Wildman–Crippen MR) is 91.2 cm³/mol. The summed E-state index contributed by atoms with van der Waals surface area (Å²) < 4.78 is 0. The molecule has 0 saturated carbocycles. The summed E-state index contributed by atoms with van der Waals surface area (Å²) in [5.74, 6) is 0. The molecular weight excluding hydrogens is 274 g/mol. The summed E-state index contributed by atoms with van der Waals surface area (Å²) in [6.07, 6.45) is 0.984. The Balaban J connectivity index is 1.89. The van der Waals surface area contributed by atoms with Crippen LogP contribution in [0.2, 0.25) is 0 Å². The summed E-state index contributed by atoms with van der Waals surface area (Å²) in [4.78, 5) is 16.3. The van der Waals surface area contributed by atoms with Crippen LogP contribution in [0.25, 0.3) is 0 Å². The van der Waals surface area contributed by atoms with Gasteiger partial charge in [0.15, 0.2) is 0 Å². The van der Waals surface area contributed by atoms with Gasteiger partial charge in [-0.2, -0.15) is 0 Å². The van der Waals surface area contributed by atoms with Crippen LogP contribution in [0.3, 0.4) is 0 Å². The van der Waals surface area contributed by atoms with Crippen LogP contribution in [0.1, 0.15) is 35.6 Å². The highest BCUT2D eigenvalue weighted by Crippen LogP contribution is 2.19. The van der Waals surface area contributed by atoms with Gasteiger partial charge < -0.3 is 10.2 Å². The maximum atomic E-state index is 12.0. The van der Waals surface area contributed by atoms with Gasteiger partial charge >= 0.3 is 6.03 Å². The van der Waals surface area contributed by atoms with E-state index in [1.54, 1.807) is 0 Å². The Labute approximate surface area is 134 Å². The van der Waals surface area contributed by atoms with Crippen LogP contribution in [-0.4, -0.2) is 48.6 Å². The van der Waals surface area contributed by atoms with Crippen molar-refractivity contribution in [3.8, 4) is 0 Å². The molecule has 1 saturated heterocycles. The lowest BCUT2D eigenvalue weighted by Gasteiger charge is -2.35. The quantitative estimate of drug-likeness (QED) is 0.928. The van der Waals surface area contributed by atoms with E-state index in [2.05, 4.69) is 50.0 Å². The predicted octanol–water partition coefficient (Wildman–Crippen LogP) is 2.85. The molecule has 0 bridgehead atoms. The largest absolute Gasteiger partial charge is 0.338 e. The van der Waals surface area contributed by atoms with E-state index in [-0.39, 0.29) is 6.03 Å². The van der Waals surface area contributed by atoms with Gasteiger partial charge in [0, 0.05) is 39.3 Å². The van der Waals surface area contributed by atoms with Crippen molar-refractivity contribution in [3.05, 3.63) is 34.4 Å². The van der Waals surface area contributed by atoms with Gasteiger partial charge in [-0.1, -0.05) is 24.6 Å². The molecule has 2 amide bonds. The van der Waals surface area contributed by atoms with Gasteiger partial charge in [0.2, 0.25) is 0 Å². The molecule has 1 N–H and O–H groups in total. The topological polar surface area (TPSA) is 35.6 Å². The lowest BCUT2D eigenvalue weighted by atomic mass is 9.99. The lowest BCUT2D eigenvalue weighted by molar-refractivity contribution is 0.135. The van der Waals surface area contributed by atoms with Crippen LogP contribution in [0.5, 0.6) is 0 Å². The van der Waals surface area contributed by atoms with Crippen molar-refractivity contribution in [2.45, 2.75) is 40.7 Å². The summed E-state index contributed by atoms with van der Waals surface area (Å²) in [6, 6.07) is 4.61. The molecule has 4 heteroatoms. The van der Waals surface area contributed by atoms with Crippen LogP contribution >= 0.6 is 0 Å². The lowest BCUT2D eigenvalue weighted by Crippen LogP contribution is -2.51. The zero-order chi connectivity index (χ0) is 16.1. The molecule has 0 atom stereocenters. The Morgan fingerprint density at radius 2 is 1.68 bits per heavy atom. The fourth-order valence-corrected chi connectivity index (χ4v) is 3.14. The Morgan fingerprint density at radius 3 is 2.23 bits per heavy atom. The molecular formula is C18H29N3O. The van der Waals surface area contributed by atoms with Crippen molar-refractivity contribution in [1.82, 2.24) is 15.1 Å². The van der Waals surface area contributed by atoms with Gasteiger partial charge in [-0.25, -0.2) is 4.79 Å². The van der Waals surface area contributed by atoms with Gasteiger partial charge in [0.05, 0.1) is 0 Å². The first-order chi connectivity index (χ1) is 10.5. The third-order valence-electron chi connectivity index (χ3n) is 4.41. The highest BCUT2D eigenvalue weighted by molar-refractivity contribution is 5.74. The second-order valence-corrected chi connectivity index (χ2v) is 6.37. The fourth-order valence-electron chi connectivity index (χ4n) is 3.14. The highest BCUT2D eigenvalue weighted by atomic mass is 16.2. The van der Waals surface area contributed by atoms with E-state index in [0.717, 1.165) is 45.7 Å². The maximum absolute atomic E-state index is 12.0. The van der Waals surface area contributed by atoms with Crippen LogP contribution in [0.4, 0.5) is 4.79 Å². The first kappa shape index (κ1) is 16.8. The van der Waals surface area contributed by atoms with E-state index >= 15 is 0 Å². The number of nitrogens with zero attached hydrogens (tertiary/aromatic N) is 2. The van der Waals surface area contributed by atoms with E-state index in [1.807, 2.05) is 4.90 Å². The summed E-state index contributed by atoms with van der Waals surface area (Å²) in [6.45, 7) is 13.9. The van der Waals surface area contributed by atoms with Crippen LogP contribution in [-0.2, 0) is 6.54 Å². The Morgan fingerprint density at radius 1 is 1.09 bits per heavy atom. The zero-order valence-corrected chi connectivity index (χ0v) is 14.4. The number of piperazine rings is 1. The zero-order valence-electron chi connectivity index (χ0n) is 14.4. The third-order valence-corrected chi connectivity index (χ3v) is 4.41. The SMILES string of the molecule is CCCNC(=O)N1CCN(Cc2c(C)cc(C)cc2C)CC1. The number of hydrogen-bond donors (Lipinski definition) is 1. The normalized spacial score (nSPS) is 15.9. The molecule has 0 radical (unpaired) electrons. The molecule has 0 aliphatic carbocycles. The van der Waals surface area contributed by atoms with E-state index in [9.17, 15) is 4.79 Å². The van der Waals surface area contributed by atoms with Crippen LogP contribution in [0.15, 0.2) is 12.1 Å². The van der Waals surface area contributed by atoms with Gasteiger partial charge in [0.25, 0.3) is 0 Å². The van der Waals surface area contributed by atoms with Crippen LogP contribution in [0, 0.1) is 20.8 Å². The first-order valence-corrected chi connectivity index (χ1v) is 8.33. The van der Waals surface area contributed by atoms with Gasteiger partial charge in [-0.15, -0.1) is 0 Å². The minimum Gasteiger partial charge on any atom is -0.338 e. The number of carbonyl (C=O) groups is 1. The average molecular weight is 303 g/mol. The molecule has 1 fully saturated rings. The molecule has 22 heavy (non-hydrogen) atoms. The van der Waals surface area contributed by atoms with Crippen molar-refractivity contribution in [3.63, 3.8) is 0 Å². The van der Waals surface area contributed by atoms with Gasteiger partial charge in [-0.05, 0) is 43.9 Å². The summed E-state index contributed by atoms with van der Waals surface area (Å²) in [5.41, 5.74) is 5.52. The van der Waals surface area contributed by atoms with Gasteiger partial charge in [-0.3, -0.25) is 4.90 Å². The van der Waals surface area contributed by atoms with E-state index in [4.69, 9.17) is 0 Å². The summed E-state index contributed by atoms with van der Waals surface area (Å²) in [5, 5.41) is 2.96. The van der Waals surface area contributed by atoms with E-state index in [1.165, 1.54) is 22.3 Å². The molecule has 0 unspecified atom stereocenters. The molecule has 1 aromatic carbocycles. The average Bonchev–Trinajstić information content (AvgIpc) is 2.49. The van der Waals surface area contributed by atoms with Crippen molar-refractivity contribution in [2.75, 3.05) is 32.7 Å². The molecule has 1 aliphatic rings. The molecule has 1 heterocycles. The van der Waals surface area contributed by atoms with E-state index < -0.39 is 0 Å². The summed E-state index contributed by atoms with van der Waals surface area (Å²) >= 11 is 0. The van der Waals surface area contributed by atoms with Crippen LogP contribution < -0.4 is 5.32 Å². The molecule has 122 valence electrons. The minimum absolute atomic E-state index is 0.0872. The summed E-state index contributed by atoms with van der Waals surface area (Å²) in [7, 11) is 0. The molecule has 0 aromatic heterocycles. The third kappa shape index (κ3) is 4.23. The molecule has 1 aliphatic heterocycles. The molecule has 0 spiro atoms. The minimum atomic E-state index is 0.0872. The van der Waals surface area contributed by atoms with Crippen molar-refractivity contribution in [2.24, 2.45) is 0 Å². The standard InChI is InChI=1S/C18H29N3O/c1-5-6-19-18(22)21-9-7-20(8-10-21)13-17-15(3)11-14(2)12-16(17)4/h11-12H,5-10,13H2,1-4H3,(H,19,22). The molecule has 4 nitrogen and oxygen atoms in total. The number of amides is 2. The molecule has 2 rings (SSSR count). The highest BCUT2D eigenvalue weighted by Gasteiger charge is 2.21. The molecule has 1 aromatic rings. The van der Waals surface area contributed by atoms with E-state index in [0.29, 0.717) is 0 Å². The number of rotatable bonds is 4. The maximum Gasteiger partial charge on any atom is 0.317 e. The second kappa shape index (κ2) is 7.63. The number of nitrogens with one attached hydrogen (secondary N) is 1. The van der Waals surface area contributed by atoms with Crippen molar-refractivity contribution < 1.29 is 4.79 Å². The number of benzene rings is 1. The Hall–Kier alpha value is -1.55. The van der Waals surface area contributed by atoms with Gasteiger partial charge in [0.1, 0.15) is 0 Å². The fraction of sp³-hybridized carbons (Fsp3) is 0.611. The number of aryl methyl sites for hydroxylation is 3.